The minimum atomic E-state index is 0.236. The second-order valence-electron chi connectivity index (χ2n) is 0.500. The van der Waals surface area contributed by atoms with Crippen LogP contribution in [0, 0.1) is 13.8 Å². The van der Waals surface area contributed by atoms with Crippen molar-refractivity contribution in [1.29, 1.82) is 0 Å². The number of hydrogen-bond donors (Lipinski definition) is 0. The van der Waals surface area contributed by atoms with Crippen molar-refractivity contribution >= 4 is 0 Å². The maximum absolute atomic E-state index is 6.26. The summed E-state index contributed by atoms with van der Waals surface area (Å²) < 4.78 is 0. The third kappa shape index (κ3) is 2.00. The monoisotopic (exact) mass is 52.0 g/mol. The van der Waals surface area contributed by atoms with Crippen LogP contribution in [0.3, 0.4) is 0 Å². The van der Waals surface area contributed by atoms with Gasteiger partial charge in [0.05, 0.1) is 0 Å². The van der Waals surface area contributed by atoms with Crippen molar-refractivity contribution in [2.45, 2.75) is 12.8 Å². The Hall–Kier alpha value is 0. The van der Waals surface area contributed by atoms with E-state index >= 15 is 0 Å². The van der Waals surface area contributed by atoms with Crippen LogP contribution >= 0.6 is 0 Å². The van der Waals surface area contributed by atoms with Crippen molar-refractivity contribution in [1.82, 2.24) is 0 Å². The zero-order valence-corrected chi connectivity index (χ0v) is 2.41. The second-order valence-corrected chi connectivity index (χ2v) is 0.500. The third-order valence-electron chi connectivity index (χ3n) is 0.125. The van der Waals surface area contributed by atoms with Crippen molar-refractivity contribution < 1.29 is 0 Å². The molecular formula is C4H4. The minimum absolute atomic E-state index is 0.236. The largest absolute Gasteiger partial charge is 0.0453 e. The summed E-state index contributed by atoms with van der Waals surface area (Å²) in [7, 11) is 0. The van der Waals surface area contributed by atoms with E-state index in [1.165, 1.54) is 0 Å². The predicted octanol–water partition coefficient (Wildman–Crippen LogP) is 0.943. The van der Waals surface area contributed by atoms with E-state index in [2.05, 4.69) is 0 Å². The summed E-state index contributed by atoms with van der Waals surface area (Å²) in [6.45, 7) is 12.5. The molecule has 0 bridgehead atoms. The Kier molecular flexibility index (Phi) is 3.00. The van der Waals surface area contributed by atoms with E-state index < -0.39 is 0 Å². The summed E-state index contributed by atoms with van der Waals surface area (Å²) in [5.41, 5.74) is 0. The maximum atomic E-state index is 6.26. The smallest absolute Gasteiger partial charge is 0.00934 e. The third-order valence-corrected chi connectivity index (χ3v) is 0.125. The van der Waals surface area contributed by atoms with Crippen LogP contribution in [0.5, 0.6) is 0 Å². The highest BCUT2D eigenvalue weighted by Crippen LogP contribution is 1.75. The lowest BCUT2D eigenvalue weighted by atomic mass is 10.4. The molecule has 6 radical (unpaired) electrons. The van der Waals surface area contributed by atoms with Crippen molar-refractivity contribution in [3.8, 4) is 0 Å². The first-order chi connectivity index (χ1) is 1.91. The molecule has 0 aromatic rings. The Morgan fingerprint density at radius 1 is 1.00 bits per heavy atom. The first kappa shape index (κ1) is 4.00. The molecular weight excluding hydrogens is 48.0 g/mol. The molecule has 0 saturated heterocycles. The van der Waals surface area contributed by atoms with Gasteiger partial charge in [-0.1, -0.05) is 0 Å². The fraction of sp³-hybridized carbons (Fsp3) is 0.500. The molecule has 0 N–H and O–H groups in total. The van der Waals surface area contributed by atoms with Crippen LogP contribution < -0.4 is 0 Å². The van der Waals surface area contributed by atoms with Gasteiger partial charge in [0.2, 0.25) is 0 Å². The fourth-order valence-corrected chi connectivity index (χ4v) is 0. The summed E-state index contributed by atoms with van der Waals surface area (Å²) in [5, 5.41) is 0. The zero-order chi connectivity index (χ0) is 3.41. The second kappa shape index (κ2) is 3.00. The highest BCUT2D eigenvalue weighted by atomic mass is 13.6. The van der Waals surface area contributed by atoms with Crippen LogP contribution in [-0.4, -0.2) is 0 Å². The predicted molar refractivity (Wildman–Crippen MR) is 15.7 cm³/mol. The molecule has 0 nitrogen and oxygen atoms in total. The first-order valence-corrected chi connectivity index (χ1v) is 1.21. The van der Waals surface area contributed by atoms with Crippen LogP contribution in [0.1, 0.15) is 12.8 Å². The average Bonchev–Trinajstić information content (AvgIpc) is 1.37. The van der Waals surface area contributed by atoms with E-state index in [0.29, 0.717) is 0 Å². The first-order valence-electron chi connectivity index (χ1n) is 1.21. The van der Waals surface area contributed by atoms with E-state index in [1.807, 2.05) is 0 Å². The Morgan fingerprint density at radius 3 is 1.25 bits per heavy atom. The summed E-state index contributed by atoms with van der Waals surface area (Å²) >= 11 is 0. The van der Waals surface area contributed by atoms with Gasteiger partial charge >= 0.3 is 0 Å². The summed E-state index contributed by atoms with van der Waals surface area (Å²) in [4.78, 5) is 0. The molecule has 0 saturated carbocycles. The molecule has 0 aliphatic heterocycles. The molecule has 0 aliphatic rings. The fourth-order valence-electron chi connectivity index (χ4n) is 0. The SMILES string of the molecule is [C]CC[C]. The maximum Gasteiger partial charge on any atom is -0.00934 e. The van der Waals surface area contributed by atoms with E-state index in [0.717, 1.165) is 0 Å². The zero-order valence-electron chi connectivity index (χ0n) is 2.41. The summed E-state index contributed by atoms with van der Waals surface area (Å²) in [6.07, 6.45) is 0.472. The van der Waals surface area contributed by atoms with Crippen LogP contribution in [0.15, 0.2) is 0 Å². The summed E-state index contributed by atoms with van der Waals surface area (Å²) in [5.74, 6) is 0. The molecule has 0 fully saturated rings. The molecule has 4 heavy (non-hydrogen) atoms. The highest BCUT2D eigenvalue weighted by Gasteiger charge is 1.58. The van der Waals surface area contributed by atoms with Gasteiger partial charge in [0.15, 0.2) is 0 Å². The summed E-state index contributed by atoms with van der Waals surface area (Å²) in [6, 6.07) is 0. The molecule has 0 spiro atoms. The topological polar surface area (TPSA) is 0 Å². The van der Waals surface area contributed by atoms with Gasteiger partial charge in [0.1, 0.15) is 0 Å². The van der Waals surface area contributed by atoms with Crippen molar-refractivity contribution in [3.63, 3.8) is 0 Å². The molecule has 0 atom stereocenters. The highest BCUT2D eigenvalue weighted by molar-refractivity contribution is 4.38. The van der Waals surface area contributed by atoms with Gasteiger partial charge in [-0.3, -0.25) is 0 Å². The van der Waals surface area contributed by atoms with Gasteiger partial charge in [-0.05, 0) is 26.7 Å². The van der Waals surface area contributed by atoms with Crippen molar-refractivity contribution in [3.05, 3.63) is 13.8 Å². The normalized spacial score (nSPS) is 7.50. The number of hydrogen-bond acceptors (Lipinski definition) is 0. The van der Waals surface area contributed by atoms with E-state index in [4.69, 9.17) is 13.8 Å². The Labute approximate surface area is 27.8 Å². The molecule has 0 aliphatic carbocycles. The van der Waals surface area contributed by atoms with Crippen LogP contribution in [-0.2, 0) is 0 Å². The quantitative estimate of drug-likeness (QED) is 0.416. The molecule has 20 valence electrons. The van der Waals surface area contributed by atoms with Crippen molar-refractivity contribution in [2.24, 2.45) is 0 Å². The number of unbranched alkanes of at least 4 members (excludes halogenated alkanes) is 1. The number of rotatable bonds is 1. The lowest BCUT2D eigenvalue weighted by molar-refractivity contribution is 1.05. The van der Waals surface area contributed by atoms with E-state index in [1.54, 1.807) is 0 Å². The molecule has 0 rings (SSSR count). The van der Waals surface area contributed by atoms with Gasteiger partial charge < -0.3 is 0 Å². The molecule has 0 unspecified atom stereocenters. The Morgan fingerprint density at radius 2 is 1.25 bits per heavy atom. The Bertz CT molecular complexity index is 2.00. The van der Waals surface area contributed by atoms with E-state index in [9.17, 15) is 0 Å². The minimum Gasteiger partial charge on any atom is -0.0453 e. The lowest BCUT2D eigenvalue weighted by Gasteiger charge is -1.65. The molecule has 0 heterocycles. The van der Waals surface area contributed by atoms with Gasteiger partial charge in [0.25, 0.3) is 0 Å². The average molecular weight is 52.1 g/mol. The standard InChI is InChI=1S/C4H4/c1-3-4-2/h3-4H2. The van der Waals surface area contributed by atoms with E-state index in [-0.39, 0.29) is 12.8 Å². The van der Waals surface area contributed by atoms with Crippen LogP contribution in [0.2, 0.25) is 0 Å². The van der Waals surface area contributed by atoms with Crippen molar-refractivity contribution in [2.75, 3.05) is 0 Å². The van der Waals surface area contributed by atoms with Crippen LogP contribution in [0.25, 0.3) is 0 Å². The molecule has 0 heteroatoms. The van der Waals surface area contributed by atoms with Crippen LogP contribution in [0.4, 0.5) is 0 Å². The molecule has 0 aromatic heterocycles. The van der Waals surface area contributed by atoms with Gasteiger partial charge in [-0.2, -0.15) is 0 Å². The van der Waals surface area contributed by atoms with Gasteiger partial charge in [-0.15, -0.1) is 0 Å². The molecule has 0 amide bonds. The lowest BCUT2D eigenvalue weighted by Crippen LogP contribution is -1.49. The van der Waals surface area contributed by atoms with Gasteiger partial charge in [0, 0.05) is 0 Å². The molecule has 0 aromatic carbocycles. The Balaban J connectivity index is 1.97. The van der Waals surface area contributed by atoms with Gasteiger partial charge in [-0.25, -0.2) is 0 Å².